The zero-order chi connectivity index (χ0) is 21.3. The van der Waals surface area contributed by atoms with Crippen LogP contribution < -0.4 is 0 Å². The minimum Gasteiger partial charge on any atom is -0.295 e. The molecule has 9 heteroatoms. The molecular weight excluding hydrogens is 410 g/mol. The van der Waals surface area contributed by atoms with Gasteiger partial charge in [-0.05, 0) is 37.0 Å². The minimum atomic E-state index is -4.83. The van der Waals surface area contributed by atoms with Gasteiger partial charge in [-0.25, -0.2) is 26.0 Å². The van der Waals surface area contributed by atoms with Crippen LogP contribution in [0.5, 0.6) is 0 Å². The monoisotopic (exact) mass is 427 g/mol. The summed E-state index contributed by atoms with van der Waals surface area (Å²) in [4.78, 5) is 9.36. The summed E-state index contributed by atoms with van der Waals surface area (Å²) < 4.78 is 81.9. The van der Waals surface area contributed by atoms with Crippen LogP contribution in [0.15, 0.2) is 41.3 Å². The van der Waals surface area contributed by atoms with E-state index in [9.17, 15) is 30.8 Å². The number of hydrogen-bond donors (Lipinski definition) is 0. The average molecular weight is 427 g/mol. The molecule has 0 saturated heterocycles. The van der Waals surface area contributed by atoms with E-state index in [1.54, 1.807) is 30.3 Å². The number of nitrogens with zero attached hydrogens (tertiary/aromatic N) is 1. The summed E-state index contributed by atoms with van der Waals surface area (Å²) in [6, 6.07) is 5.96. The standard InChI is InChI=1S/C20H17F4NO3S/c1-12(26)2-3-13-4-6-14(7-5-13)11-25(15-8-9-15)29(27,28)20-18(23)16(21)10-17(22)19(20)24/h2-7,10,15H,8-9,11H2,1H3/b3-2+. The number of carbonyl (C=O) groups excluding carboxylic acids is 1. The van der Waals surface area contributed by atoms with Gasteiger partial charge in [-0.1, -0.05) is 30.3 Å². The van der Waals surface area contributed by atoms with Crippen molar-refractivity contribution in [2.45, 2.75) is 37.2 Å². The highest BCUT2D eigenvalue weighted by Gasteiger charge is 2.42. The largest absolute Gasteiger partial charge is 0.295 e. The first-order valence-corrected chi connectivity index (χ1v) is 10.2. The van der Waals surface area contributed by atoms with Gasteiger partial charge in [0.15, 0.2) is 33.9 Å². The van der Waals surface area contributed by atoms with Gasteiger partial charge in [-0.15, -0.1) is 0 Å². The van der Waals surface area contributed by atoms with Crippen LogP contribution in [0.1, 0.15) is 30.9 Å². The number of halogens is 4. The second-order valence-electron chi connectivity index (χ2n) is 6.76. The number of rotatable bonds is 7. The molecule has 1 fully saturated rings. The molecule has 0 heterocycles. The second kappa shape index (κ2) is 8.08. The fraction of sp³-hybridized carbons (Fsp3) is 0.250. The van der Waals surface area contributed by atoms with E-state index in [-0.39, 0.29) is 18.4 Å². The maximum atomic E-state index is 14.1. The van der Waals surface area contributed by atoms with Gasteiger partial charge in [0.1, 0.15) is 0 Å². The highest BCUT2D eigenvalue weighted by atomic mass is 32.2. The molecule has 0 N–H and O–H groups in total. The van der Waals surface area contributed by atoms with Crippen molar-refractivity contribution in [3.8, 4) is 0 Å². The topological polar surface area (TPSA) is 54.5 Å². The van der Waals surface area contributed by atoms with Crippen LogP contribution in [-0.4, -0.2) is 24.5 Å². The van der Waals surface area contributed by atoms with E-state index < -0.39 is 44.2 Å². The fourth-order valence-electron chi connectivity index (χ4n) is 2.80. The van der Waals surface area contributed by atoms with Crippen LogP contribution in [0.2, 0.25) is 0 Å². The number of carbonyl (C=O) groups is 1. The normalized spacial score (nSPS) is 14.7. The second-order valence-corrected chi connectivity index (χ2v) is 8.59. The van der Waals surface area contributed by atoms with Crippen LogP contribution in [0, 0.1) is 23.3 Å². The Kier molecular flexibility index (Phi) is 5.90. The third kappa shape index (κ3) is 4.56. The Bertz CT molecular complexity index is 1050. The van der Waals surface area contributed by atoms with Crippen molar-refractivity contribution in [3.05, 3.63) is 70.8 Å². The first-order chi connectivity index (χ1) is 13.6. The Balaban J connectivity index is 1.94. The molecule has 0 aliphatic heterocycles. The van der Waals surface area contributed by atoms with Crippen LogP contribution in [0.3, 0.4) is 0 Å². The molecule has 3 rings (SSSR count). The van der Waals surface area contributed by atoms with E-state index in [1.165, 1.54) is 13.0 Å². The van der Waals surface area contributed by atoms with Crippen molar-refractivity contribution >= 4 is 21.9 Å². The summed E-state index contributed by atoms with van der Waals surface area (Å²) in [5.74, 6) is -7.58. The molecular formula is C20H17F4NO3S. The molecule has 29 heavy (non-hydrogen) atoms. The lowest BCUT2D eigenvalue weighted by molar-refractivity contribution is -0.112. The van der Waals surface area contributed by atoms with E-state index in [0.29, 0.717) is 24.0 Å². The number of hydrogen-bond acceptors (Lipinski definition) is 3. The molecule has 154 valence electrons. The lowest BCUT2D eigenvalue weighted by Gasteiger charge is -2.23. The van der Waals surface area contributed by atoms with E-state index in [4.69, 9.17) is 0 Å². The number of ketones is 1. The lowest BCUT2D eigenvalue weighted by Crippen LogP contribution is -2.34. The van der Waals surface area contributed by atoms with Gasteiger partial charge in [0, 0.05) is 18.7 Å². The Morgan fingerprint density at radius 1 is 1.07 bits per heavy atom. The van der Waals surface area contributed by atoms with Crippen molar-refractivity contribution in [3.63, 3.8) is 0 Å². The molecule has 0 bridgehead atoms. The third-order valence-corrected chi connectivity index (χ3v) is 6.34. The summed E-state index contributed by atoms with van der Waals surface area (Å²) in [6.45, 7) is 1.18. The van der Waals surface area contributed by atoms with Gasteiger partial charge < -0.3 is 0 Å². The van der Waals surface area contributed by atoms with Crippen LogP contribution in [-0.2, 0) is 21.4 Å². The molecule has 0 radical (unpaired) electrons. The summed E-state index contributed by atoms with van der Waals surface area (Å²) in [5, 5.41) is 0. The molecule has 0 atom stereocenters. The first kappa shape index (κ1) is 21.2. The zero-order valence-corrected chi connectivity index (χ0v) is 16.1. The van der Waals surface area contributed by atoms with Gasteiger partial charge >= 0.3 is 0 Å². The van der Waals surface area contributed by atoms with Gasteiger partial charge in [0.2, 0.25) is 10.0 Å². The lowest BCUT2D eigenvalue weighted by atomic mass is 10.1. The first-order valence-electron chi connectivity index (χ1n) is 8.73. The van der Waals surface area contributed by atoms with E-state index in [0.717, 1.165) is 4.31 Å². The van der Waals surface area contributed by atoms with Gasteiger partial charge in [-0.3, -0.25) is 4.79 Å². The summed E-state index contributed by atoms with van der Waals surface area (Å²) >= 11 is 0. The minimum absolute atomic E-state index is 0.0293. The summed E-state index contributed by atoms with van der Waals surface area (Å²) in [6.07, 6.45) is 3.90. The average Bonchev–Trinajstić information content (AvgIpc) is 3.48. The zero-order valence-electron chi connectivity index (χ0n) is 15.3. The Hall–Kier alpha value is -2.52. The predicted molar refractivity (Wildman–Crippen MR) is 98.2 cm³/mol. The highest BCUT2D eigenvalue weighted by Crippen LogP contribution is 2.36. The Morgan fingerprint density at radius 3 is 2.10 bits per heavy atom. The van der Waals surface area contributed by atoms with E-state index in [1.807, 2.05) is 0 Å². The SMILES string of the molecule is CC(=O)/C=C/c1ccc(CN(C2CC2)S(=O)(=O)c2c(F)c(F)cc(F)c2F)cc1. The van der Waals surface area contributed by atoms with Gasteiger partial charge in [-0.2, -0.15) is 4.31 Å². The number of benzene rings is 2. The van der Waals surface area contributed by atoms with Gasteiger partial charge in [0.25, 0.3) is 0 Å². The van der Waals surface area contributed by atoms with Crippen LogP contribution >= 0.6 is 0 Å². The molecule has 1 aliphatic rings. The summed E-state index contributed by atoms with van der Waals surface area (Å²) in [7, 11) is -4.83. The Labute approximate surface area is 165 Å². The molecule has 0 unspecified atom stereocenters. The molecule has 4 nitrogen and oxygen atoms in total. The summed E-state index contributed by atoms with van der Waals surface area (Å²) in [5.41, 5.74) is 1.22. The molecule has 2 aromatic rings. The van der Waals surface area contributed by atoms with E-state index >= 15 is 0 Å². The molecule has 0 aromatic heterocycles. The van der Waals surface area contributed by atoms with E-state index in [2.05, 4.69) is 0 Å². The fourth-order valence-corrected chi connectivity index (χ4v) is 4.60. The van der Waals surface area contributed by atoms with Crippen molar-refractivity contribution in [1.29, 1.82) is 0 Å². The maximum absolute atomic E-state index is 14.1. The smallest absolute Gasteiger partial charge is 0.249 e. The molecule has 0 spiro atoms. The maximum Gasteiger partial charge on any atom is 0.249 e. The van der Waals surface area contributed by atoms with Crippen molar-refractivity contribution in [2.24, 2.45) is 0 Å². The molecule has 0 amide bonds. The quantitative estimate of drug-likeness (QED) is 0.378. The van der Waals surface area contributed by atoms with Crippen molar-refractivity contribution in [2.75, 3.05) is 0 Å². The van der Waals surface area contributed by atoms with Crippen LogP contribution in [0.4, 0.5) is 17.6 Å². The van der Waals surface area contributed by atoms with Crippen LogP contribution in [0.25, 0.3) is 6.08 Å². The Morgan fingerprint density at radius 2 is 1.62 bits per heavy atom. The van der Waals surface area contributed by atoms with Crippen molar-refractivity contribution in [1.82, 2.24) is 4.31 Å². The molecule has 1 saturated carbocycles. The van der Waals surface area contributed by atoms with Gasteiger partial charge in [0.05, 0.1) is 0 Å². The third-order valence-electron chi connectivity index (χ3n) is 4.42. The molecule has 2 aromatic carbocycles. The van der Waals surface area contributed by atoms with Crippen molar-refractivity contribution < 1.29 is 30.8 Å². The number of sulfonamides is 1. The number of allylic oxidation sites excluding steroid dienone is 1. The molecule has 1 aliphatic carbocycles. The highest BCUT2D eigenvalue weighted by molar-refractivity contribution is 7.89. The predicted octanol–water partition coefficient (Wildman–Crippen LogP) is 4.20.